The summed E-state index contributed by atoms with van der Waals surface area (Å²) in [4.78, 5) is 5.85. The Bertz CT molecular complexity index is 214. The standard InChI is InChI=1S/C11H21NOS/c1-8-6-14-7-9-5-13-12(10(8)9)11(2,3)4/h8-10H,5-7H2,1-4H3/t8-,9-,10+/m0/s1. The van der Waals surface area contributed by atoms with Crippen molar-refractivity contribution in [3.05, 3.63) is 0 Å². The van der Waals surface area contributed by atoms with Crippen molar-refractivity contribution in [1.29, 1.82) is 0 Å². The second-order valence-electron chi connectivity index (χ2n) is 5.56. The van der Waals surface area contributed by atoms with Gasteiger partial charge in [0.05, 0.1) is 6.61 Å². The van der Waals surface area contributed by atoms with Crippen LogP contribution in [-0.2, 0) is 4.84 Å². The lowest BCUT2D eigenvalue weighted by atomic mass is 9.90. The normalized spacial score (nSPS) is 39.9. The maximum atomic E-state index is 5.85. The summed E-state index contributed by atoms with van der Waals surface area (Å²) in [5, 5.41) is 2.25. The van der Waals surface area contributed by atoms with Crippen LogP contribution in [0, 0.1) is 11.8 Å². The van der Waals surface area contributed by atoms with Crippen molar-refractivity contribution < 1.29 is 4.84 Å². The topological polar surface area (TPSA) is 12.5 Å². The molecule has 0 radical (unpaired) electrons. The van der Waals surface area contributed by atoms with E-state index in [0.717, 1.165) is 18.4 Å². The third-order valence-corrected chi connectivity index (χ3v) is 4.56. The van der Waals surface area contributed by atoms with E-state index in [2.05, 4.69) is 44.5 Å². The van der Waals surface area contributed by atoms with Crippen LogP contribution in [0.15, 0.2) is 0 Å². The molecule has 2 fully saturated rings. The molecule has 2 rings (SSSR count). The first-order chi connectivity index (χ1) is 6.50. The van der Waals surface area contributed by atoms with E-state index in [1.165, 1.54) is 11.5 Å². The Morgan fingerprint density at radius 3 is 2.64 bits per heavy atom. The van der Waals surface area contributed by atoms with Gasteiger partial charge in [-0.3, -0.25) is 4.84 Å². The third kappa shape index (κ3) is 1.82. The van der Waals surface area contributed by atoms with E-state index in [1.807, 2.05) is 0 Å². The SMILES string of the molecule is C[C@H]1CSC[C@@H]2CON(C(C)(C)C)[C@@H]21. The molecule has 3 heteroatoms. The van der Waals surface area contributed by atoms with Crippen molar-refractivity contribution in [3.63, 3.8) is 0 Å². The highest BCUT2D eigenvalue weighted by Crippen LogP contribution is 2.39. The molecule has 14 heavy (non-hydrogen) atoms. The molecule has 0 amide bonds. The second kappa shape index (κ2) is 3.69. The predicted molar refractivity (Wildman–Crippen MR) is 61.3 cm³/mol. The Labute approximate surface area is 91.3 Å². The van der Waals surface area contributed by atoms with Gasteiger partial charge in [-0.2, -0.15) is 16.8 Å². The van der Waals surface area contributed by atoms with E-state index in [-0.39, 0.29) is 5.54 Å². The van der Waals surface area contributed by atoms with Gasteiger partial charge in [-0.1, -0.05) is 6.92 Å². The fraction of sp³-hybridized carbons (Fsp3) is 1.00. The van der Waals surface area contributed by atoms with Crippen LogP contribution in [0.5, 0.6) is 0 Å². The average molecular weight is 215 g/mol. The fourth-order valence-electron chi connectivity index (χ4n) is 2.54. The molecule has 2 saturated heterocycles. The van der Waals surface area contributed by atoms with E-state index in [9.17, 15) is 0 Å². The molecule has 0 aromatic rings. The molecule has 3 atom stereocenters. The van der Waals surface area contributed by atoms with Crippen LogP contribution in [-0.4, -0.2) is 34.8 Å². The van der Waals surface area contributed by atoms with Crippen molar-refractivity contribution in [1.82, 2.24) is 5.06 Å². The van der Waals surface area contributed by atoms with Crippen LogP contribution >= 0.6 is 11.8 Å². The first-order valence-electron chi connectivity index (χ1n) is 5.50. The van der Waals surface area contributed by atoms with E-state index < -0.39 is 0 Å². The monoisotopic (exact) mass is 215 g/mol. The number of rotatable bonds is 0. The van der Waals surface area contributed by atoms with E-state index in [4.69, 9.17) is 4.84 Å². The van der Waals surface area contributed by atoms with Crippen molar-refractivity contribution >= 4 is 11.8 Å². The van der Waals surface area contributed by atoms with Crippen LogP contribution in [0.3, 0.4) is 0 Å². The molecular formula is C11H21NOS. The van der Waals surface area contributed by atoms with Crippen molar-refractivity contribution in [2.75, 3.05) is 18.1 Å². The van der Waals surface area contributed by atoms with Gasteiger partial charge in [0.1, 0.15) is 0 Å². The number of fused-ring (bicyclic) bond motifs is 1. The quantitative estimate of drug-likeness (QED) is 0.615. The van der Waals surface area contributed by atoms with Crippen LogP contribution in [0.4, 0.5) is 0 Å². The molecule has 2 aliphatic heterocycles. The summed E-state index contributed by atoms with van der Waals surface area (Å²) in [6.45, 7) is 10.0. The highest BCUT2D eigenvalue weighted by molar-refractivity contribution is 7.99. The lowest BCUT2D eigenvalue weighted by molar-refractivity contribution is -0.194. The van der Waals surface area contributed by atoms with Gasteiger partial charge in [0.25, 0.3) is 0 Å². The summed E-state index contributed by atoms with van der Waals surface area (Å²) in [6, 6.07) is 0.649. The number of hydrogen-bond acceptors (Lipinski definition) is 3. The highest BCUT2D eigenvalue weighted by atomic mass is 32.2. The number of hydroxylamine groups is 2. The number of thioether (sulfide) groups is 1. The molecule has 0 unspecified atom stereocenters. The number of nitrogens with zero attached hydrogens (tertiary/aromatic N) is 1. The van der Waals surface area contributed by atoms with Crippen LogP contribution in [0.1, 0.15) is 27.7 Å². The zero-order valence-corrected chi connectivity index (χ0v) is 10.4. The third-order valence-electron chi connectivity index (χ3n) is 3.14. The Morgan fingerprint density at radius 1 is 1.29 bits per heavy atom. The maximum Gasteiger partial charge on any atom is 0.0737 e. The van der Waals surface area contributed by atoms with Crippen molar-refractivity contribution in [2.45, 2.75) is 39.3 Å². The zero-order chi connectivity index (χ0) is 10.3. The summed E-state index contributed by atoms with van der Waals surface area (Å²) in [6.07, 6.45) is 0. The molecule has 82 valence electrons. The summed E-state index contributed by atoms with van der Waals surface area (Å²) in [7, 11) is 0. The van der Waals surface area contributed by atoms with Crippen LogP contribution < -0.4 is 0 Å². The predicted octanol–water partition coefficient (Wildman–Crippen LogP) is 2.40. The molecule has 2 aliphatic rings. The minimum absolute atomic E-state index is 0.148. The summed E-state index contributed by atoms with van der Waals surface area (Å²) >= 11 is 2.09. The molecule has 0 spiro atoms. The molecule has 0 N–H and O–H groups in total. The summed E-state index contributed by atoms with van der Waals surface area (Å²) in [5.74, 6) is 4.09. The lowest BCUT2D eigenvalue weighted by Crippen LogP contribution is -2.50. The van der Waals surface area contributed by atoms with Crippen molar-refractivity contribution in [2.24, 2.45) is 11.8 Å². The van der Waals surface area contributed by atoms with Gasteiger partial charge < -0.3 is 0 Å². The minimum Gasteiger partial charge on any atom is -0.298 e. The van der Waals surface area contributed by atoms with E-state index in [1.54, 1.807) is 0 Å². The first kappa shape index (κ1) is 10.8. The molecule has 2 heterocycles. The Hall–Kier alpha value is 0.270. The van der Waals surface area contributed by atoms with Gasteiger partial charge in [0.2, 0.25) is 0 Å². The molecule has 0 aromatic heterocycles. The van der Waals surface area contributed by atoms with Gasteiger partial charge >= 0.3 is 0 Å². The average Bonchev–Trinajstić information content (AvgIpc) is 2.47. The Balaban J connectivity index is 2.14. The van der Waals surface area contributed by atoms with Crippen LogP contribution in [0.2, 0.25) is 0 Å². The molecule has 2 nitrogen and oxygen atoms in total. The smallest absolute Gasteiger partial charge is 0.0737 e. The van der Waals surface area contributed by atoms with Gasteiger partial charge in [0, 0.05) is 17.5 Å². The van der Waals surface area contributed by atoms with Gasteiger partial charge in [-0.05, 0) is 38.2 Å². The zero-order valence-electron chi connectivity index (χ0n) is 9.62. The number of hydrogen-bond donors (Lipinski definition) is 0. The highest BCUT2D eigenvalue weighted by Gasteiger charge is 2.45. The second-order valence-corrected chi connectivity index (χ2v) is 6.63. The molecule has 0 saturated carbocycles. The molecular weight excluding hydrogens is 194 g/mol. The van der Waals surface area contributed by atoms with Crippen molar-refractivity contribution in [3.8, 4) is 0 Å². The van der Waals surface area contributed by atoms with Gasteiger partial charge in [-0.15, -0.1) is 0 Å². The molecule has 0 aromatic carbocycles. The largest absolute Gasteiger partial charge is 0.298 e. The van der Waals surface area contributed by atoms with Gasteiger partial charge in [-0.25, -0.2) is 0 Å². The first-order valence-corrected chi connectivity index (χ1v) is 6.65. The van der Waals surface area contributed by atoms with E-state index >= 15 is 0 Å². The van der Waals surface area contributed by atoms with E-state index in [0.29, 0.717) is 6.04 Å². The molecule has 0 bridgehead atoms. The maximum absolute atomic E-state index is 5.85. The lowest BCUT2D eigenvalue weighted by Gasteiger charge is -2.40. The van der Waals surface area contributed by atoms with Gasteiger partial charge in [0.15, 0.2) is 0 Å². The summed E-state index contributed by atoms with van der Waals surface area (Å²) in [5.41, 5.74) is 0.148. The minimum atomic E-state index is 0.148. The summed E-state index contributed by atoms with van der Waals surface area (Å²) < 4.78 is 0. The van der Waals surface area contributed by atoms with Crippen LogP contribution in [0.25, 0.3) is 0 Å². The fourth-order valence-corrected chi connectivity index (χ4v) is 3.84. The Morgan fingerprint density at radius 2 is 2.00 bits per heavy atom. The molecule has 0 aliphatic carbocycles. The Kier molecular flexibility index (Phi) is 2.84.